The number of nitrogens with two attached hydrogens (primary N) is 1. The average Bonchev–Trinajstić information content (AvgIpc) is 2.30. The van der Waals surface area contributed by atoms with Crippen molar-refractivity contribution in [3.05, 3.63) is 35.6 Å². The fraction of sp³-hybridized carbons (Fsp3) is 0.462. The van der Waals surface area contributed by atoms with Gasteiger partial charge in [-0.05, 0) is 25.0 Å². The normalized spacial score (nSPS) is 13.3. The van der Waals surface area contributed by atoms with Gasteiger partial charge in [-0.3, -0.25) is 4.79 Å². The minimum atomic E-state index is -0.234. The topological polar surface area (TPSA) is 55.1 Å². The van der Waals surface area contributed by atoms with E-state index in [0.717, 1.165) is 0 Å². The van der Waals surface area contributed by atoms with Crippen molar-refractivity contribution in [2.75, 3.05) is 6.54 Å². The van der Waals surface area contributed by atoms with Crippen molar-refractivity contribution >= 4 is 18.3 Å². The van der Waals surface area contributed by atoms with E-state index >= 15 is 0 Å². The van der Waals surface area contributed by atoms with E-state index in [1.165, 1.54) is 6.07 Å². The maximum atomic E-state index is 13.3. The molecule has 3 N–H and O–H groups in total. The molecule has 0 radical (unpaired) electrons. The molecule has 0 bridgehead atoms. The molecular formula is C13H20ClFN2O. The van der Waals surface area contributed by atoms with E-state index in [-0.39, 0.29) is 36.1 Å². The van der Waals surface area contributed by atoms with Crippen LogP contribution in [0.3, 0.4) is 0 Å². The highest BCUT2D eigenvalue weighted by atomic mass is 35.5. The maximum absolute atomic E-state index is 13.3. The molecule has 0 saturated carbocycles. The number of carbonyl (C=O) groups excluding carboxylic acids is 1. The first-order chi connectivity index (χ1) is 8.02. The third-order valence-corrected chi connectivity index (χ3v) is 2.85. The van der Waals surface area contributed by atoms with Crippen LogP contribution in [0.2, 0.25) is 0 Å². The molecule has 18 heavy (non-hydrogen) atoms. The summed E-state index contributed by atoms with van der Waals surface area (Å²) in [6.07, 6.45) is 0.490. The fourth-order valence-electron chi connectivity index (χ4n) is 1.42. The summed E-state index contributed by atoms with van der Waals surface area (Å²) in [4.78, 5) is 11.6. The van der Waals surface area contributed by atoms with Gasteiger partial charge in [0, 0.05) is 18.5 Å². The standard InChI is InChI=1S/C13H19FN2O.ClH/c1-9(10(2)15)13(17)16-8-7-11-5-3-4-6-12(11)14;/h3-6,9-10H,7-8,15H2,1-2H3,(H,16,17);1H. The van der Waals surface area contributed by atoms with Gasteiger partial charge in [0.25, 0.3) is 0 Å². The number of nitrogens with one attached hydrogen (secondary N) is 1. The van der Waals surface area contributed by atoms with Gasteiger partial charge in [-0.2, -0.15) is 0 Å². The van der Waals surface area contributed by atoms with Crippen LogP contribution in [0.15, 0.2) is 24.3 Å². The number of rotatable bonds is 5. The Labute approximate surface area is 113 Å². The summed E-state index contributed by atoms with van der Waals surface area (Å²) < 4.78 is 13.3. The predicted octanol–water partition coefficient (Wildman–Crippen LogP) is 1.89. The molecule has 3 nitrogen and oxygen atoms in total. The van der Waals surface area contributed by atoms with E-state index in [9.17, 15) is 9.18 Å². The van der Waals surface area contributed by atoms with Crippen molar-refractivity contribution in [2.24, 2.45) is 11.7 Å². The van der Waals surface area contributed by atoms with Gasteiger partial charge in [-0.25, -0.2) is 4.39 Å². The van der Waals surface area contributed by atoms with Crippen molar-refractivity contribution in [3.63, 3.8) is 0 Å². The van der Waals surface area contributed by atoms with Gasteiger partial charge in [0.1, 0.15) is 5.82 Å². The number of amides is 1. The Balaban J connectivity index is 0.00000289. The first kappa shape index (κ1) is 16.9. The van der Waals surface area contributed by atoms with Crippen LogP contribution in [0.25, 0.3) is 0 Å². The molecule has 1 aromatic carbocycles. The molecule has 2 unspecified atom stereocenters. The van der Waals surface area contributed by atoms with E-state index in [2.05, 4.69) is 5.32 Å². The summed E-state index contributed by atoms with van der Waals surface area (Å²) in [5.74, 6) is -0.547. The fourth-order valence-corrected chi connectivity index (χ4v) is 1.42. The summed E-state index contributed by atoms with van der Waals surface area (Å²) in [6, 6.07) is 6.39. The molecule has 1 rings (SSSR count). The second-order valence-corrected chi connectivity index (χ2v) is 4.28. The first-order valence-corrected chi connectivity index (χ1v) is 5.79. The summed E-state index contributed by atoms with van der Waals surface area (Å²) in [5, 5.41) is 2.75. The van der Waals surface area contributed by atoms with Gasteiger partial charge < -0.3 is 11.1 Å². The number of hydrogen-bond acceptors (Lipinski definition) is 2. The second kappa shape index (κ2) is 8.06. The average molecular weight is 275 g/mol. The Morgan fingerprint density at radius 3 is 2.56 bits per heavy atom. The van der Waals surface area contributed by atoms with Crippen molar-refractivity contribution in [1.82, 2.24) is 5.32 Å². The molecule has 0 fully saturated rings. The van der Waals surface area contributed by atoms with Crippen molar-refractivity contribution in [3.8, 4) is 0 Å². The predicted molar refractivity (Wildman–Crippen MR) is 73.2 cm³/mol. The number of benzene rings is 1. The number of carbonyl (C=O) groups is 1. The Bertz CT molecular complexity index is 385. The van der Waals surface area contributed by atoms with Crippen LogP contribution in [0, 0.1) is 11.7 Å². The maximum Gasteiger partial charge on any atom is 0.224 e. The van der Waals surface area contributed by atoms with Gasteiger partial charge in [0.2, 0.25) is 5.91 Å². The summed E-state index contributed by atoms with van der Waals surface area (Å²) >= 11 is 0. The van der Waals surface area contributed by atoms with Crippen LogP contribution in [0.4, 0.5) is 4.39 Å². The summed E-state index contributed by atoms with van der Waals surface area (Å²) in [6.45, 7) is 4.00. The van der Waals surface area contributed by atoms with E-state index in [1.807, 2.05) is 0 Å². The third kappa shape index (κ3) is 5.02. The minimum Gasteiger partial charge on any atom is -0.355 e. The largest absolute Gasteiger partial charge is 0.355 e. The van der Waals surface area contributed by atoms with Gasteiger partial charge in [0.05, 0.1) is 0 Å². The van der Waals surface area contributed by atoms with Crippen LogP contribution in [0.5, 0.6) is 0 Å². The van der Waals surface area contributed by atoms with E-state index in [0.29, 0.717) is 18.5 Å². The molecule has 102 valence electrons. The molecule has 0 aromatic heterocycles. The first-order valence-electron chi connectivity index (χ1n) is 5.79. The van der Waals surface area contributed by atoms with Crippen LogP contribution in [-0.2, 0) is 11.2 Å². The molecule has 5 heteroatoms. The molecule has 0 saturated heterocycles. The Morgan fingerprint density at radius 2 is 2.00 bits per heavy atom. The Morgan fingerprint density at radius 1 is 1.39 bits per heavy atom. The third-order valence-electron chi connectivity index (χ3n) is 2.85. The zero-order valence-electron chi connectivity index (χ0n) is 10.7. The molecule has 2 atom stereocenters. The van der Waals surface area contributed by atoms with E-state index < -0.39 is 0 Å². The Kier molecular flexibility index (Phi) is 7.55. The van der Waals surface area contributed by atoms with Crippen LogP contribution in [0.1, 0.15) is 19.4 Å². The van der Waals surface area contributed by atoms with E-state index in [4.69, 9.17) is 5.73 Å². The quantitative estimate of drug-likeness (QED) is 0.862. The smallest absolute Gasteiger partial charge is 0.224 e. The Hall–Kier alpha value is -1.13. The minimum absolute atomic E-state index is 0. The monoisotopic (exact) mass is 274 g/mol. The van der Waals surface area contributed by atoms with Crippen molar-refractivity contribution in [1.29, 1.82) is 0 Å². The highest BCUT2D eigenvalue weighted by Crippen LogP contribution is 2.06. The van der Waals surface area contributed by atoms with Crippen molar-refractivity contribution < 1.29 is 9.18 Å². The molecule has 0 spiro atoms. The highest BCUT2D eigenvalue weighted by Gasteiger charge is 2.16. The van der Waals surface area contributed by atoms with Crippen molar-refractivity contribution in [2.45, 2.75) is 26.3 Å². The molecule has 0 aliphatic heterocycles. The summed E-state index contributed by atoms with van der Waals surface area (Å²) in [7, 11) is 0. The lowest BCUT2D eigenvalue weighted by Gasteiger charge is -2.15. The zero-order chi connectivity index (χ0) is 12.8. The lowest BCUT2D eigenvalue weighted by molar-refractivity contribution is -0.124. The van der Waals surface area contributed by atoms with Gasteiger partial charge in [0.15, 0.2) is 0 Å². The molecule has 0 aliphatic carbocycles. The van der Waals surface area contributed by atoms with Crippen LogP contribution in [-0.4, -0.2) is 18.5 Å². The molecule has 0 aliphatic rings. The molecule has 0 heterocycles. The SMILES string of the molecule is CC(N)C(C)C(=O)NCCc1ccccc1F.Cl. The van der Waals surface area contributed by atoms with Gasteiger partial charge >= 0.3 is 0 Å². The van der Waals surface area contributed by atoms with E-state index in [1.54, 1.807) is 32.0 Å². The van der Waals surface area contributed by atoms with Gasteiger partial charge in [-0.1, -0.05) is 25.1 Å². The van der Waals surface area contributed by atoms with Crippen LogP contribution >= 0.6 is 12.4 Å². The molecular weight excluding hydrogens is 255 g/mol. The highest BCUT2D eigenvalue weighted by molar-refractivity contribution is 5.85. The molecule has 1 aromatic rings. The zero-order valence-corrected chi connectivity index (χ0v) is 11.5. The second-order valence-electron chi connectivity index (χ2n) is 4.28. The lowest BCUT2D eigenvalue weighted by atomic mass is 10.0. The number of hydrogen-bond donors (Lipinski definition) is 2. The van der Waals surface area contributed by atoms with Crippen LogP contribution < -0.4 is 11.1 Å². The lowest BCUT2D eigenvalue weighted by Crippen LogP contribution is -2.39. The van der Waals surface area contributed by atoms with Gasteiger partial charge in [-0.15, -0.1) is 12.4 Å². The molecule has 1 amide bonds. The number of halogens is 2. The summed E-state index contributed by atoms with van der Waals surface area (Å²) in [5.41, 5.74) is 6.24.